The Balaban J connectivity index is 2.92. The van der Waals surface area contributed by atoms with Gasteiger partial charge in [-0.25, -0.2) is 0 Å². The lowest BCUT2D eigenvalue weighted by Gasteiger charge is -2.28. The molecule has 2 nitrogen and oxygen atoms in total. The van der Waals surface area contributed by atoms with Gasteiger partial charge in [0.2, 0.25) is 5.91 Å². The van der Waals surface area contributed by atoms with Gasteiger partial charge in [0.05, 0.1) is 10.9 Å². The third-order valence-corrected chi connectivity index (χ3v) is 5.29. The predicted octanol–water partition coefficient (Wildman–Crippen LogP) is 4.70. The third-order valence-electron chi connectivity index (χ3n) is 3.81. The summed E-state index contributed by atoms with van der Waals surface area (Å²) in [5.74, 6) is 0.835. The molecule has 0 aliphatic heterocycles. The van der Waals surface area contributed by atoms with Gasteiger partial charge in [0.25, 0.3) is 0 Å². The van der Waals surface area contributed by atoms with E-state index in [0.717, 1.165) is 12.8 Å². The molecule has 0 radical (unpaired) electrons. The van der Waals surface area contributed by atoms with E-state index < -0.39 is 0 Å². The molecule has 2 atom stereocenters. The summed E-state index contributed by atoms with van der Waals surface area (Å²) >= 11 is 3.49. The molecule has 0 fully saturated rings. The zero-order chi connectivity index (χ0) is 15.1. The zero-order valence-electron chi connectivity index (χ0n) is 12.9. The first kappa shape index (κ1) is 17.2. The number of halogens is 1. The first-order chi connectivity index (χ1) is 9.51. The van der Waals surface area contributed by atoms with Gasteiger partial charge < -0.3 is 5.32 Å². The summed E-state index contributed by atoms with van der Waals surface area (Å²) in [5, 5.41) is 3.23. The molecule has 20 heavy (non-hydrogen) atoms. The average molecular weight is 340 g/mol. The van der Waals surface area contributed by atoms with Crippen molar-refractivity contribution < 1.29 is 4.79 Å². The number of nitrogens with one attached hydrogen (secondary N) is 1. The molecule has 0 aromatic heterocycles. The van der Waals surface area contributed by atoms with Crippen LogP contribution in [0.2, 0.25) is 0 Å². The Labute approximate surface area is 131 Å². The van der Waals surface area contributed by atoms with E-state index >= 15 is 0 Å². The Bertz CT molecular complexity index is 401. The van der Waals surface area contributed by atoms with E-state index in [1.165, 1.54) is 5.56 Å². The Morgan fingerprint density at radius 2 is 1.70 bits per heavy atom. The van der Waals surface area contributed by atoms with E-state index in [0.29, 0.717) is 5.92 Å². The predicted molar refractivity (Wildman–Crippen MR) is 89.0 cm³/mol. The Hall–Kier alpha value is -0.830. The fraction of sp³-hybridized carbons (Fsp3) is 0.588. The monoisotopic (exact) mass is 339 g/mol. The molecule has 0 saturated carbocycles. The second-order valence-electron chi connectivity index (χ2n) is 5.62. The molecular formula is C17H26BrNO. The Morgan fingerprint density at radius 1 is 1.15 bits per heavy atom. The number of alkyl halides is 1. The molecule has 0 spiro atoms. The van der Waals surface area contributed by atoms with Crippen molar-refractivity contribution in [1.29, 1.82) is 0 Å². The lowest BCUT2D eigenvalue weighted by atomic mass is 9.88. The molecule has 0 bridgehead atoms. The van der Waals surface area contributed by atoms with Crippen LogP contribution in [0.5, 0.6) is 0 Å². The van der Waals surface area contributed by atoms with E-state index in [4.69, 9.17) is 0 Å². The van der Waals surface area contributed by atoms with Crippen molar-refractivity contribution in [1.82, 2.24) is 5.32 Å². The van der Waals surface area contributed by atoms with E-state index in [1.807, 2.05) is 32.0 Å². The standard InChI is InChI=1S/C17H26BrNO/c1-5-13(6-2)16(14-10-8-7-9-11-14)19-17(20)15(18)12(3)4/h7-13,15-16H,5-6H2,1-4H3,(H,19,20). The van der Waals surface area contributed by atoms with Crippen LogP contribution >= 0.6 is 15.9 Å². The van der Waals surface area contributed by atoms with Crippen molar-refractivity contribution in [3.63, 3.8) is 0 Å². The molecule has 1 N–H and O–H groups in total. The summed E-state index contributed by atoms with van der Waals surface area (Å²) in [4.78, 5) is 12.2. The smallest absolute Gasteiger partial charge is 0.234 e. The van der Waals surface area contributed by atoms with Gasteiger partial charge in [-0.3, -0.25) is 4.79 Å². The van der Waals surface area contributed by atoms with E-state index in [2.05, 4.69) is 47.2 Å². The van der Waals surface area contributed by atoms with E-state index in [9.17, 15) is 4.79 Å². The molecule has 0 saturated heterocycles. The summed E-state index contributed by atoms with van der Waals surface area (Å²) in [7, 11) is 0. The normalized spacial score (nSPS) is 14.3. The van der Waals surface area contributed by atoms with Crippen LogP contribution in [0, 0.1) is 11.8 Å². The highest BCUT2D eigenvalue weighted by Crippen LogP contribution is 2.28. The van der Waals surface area contributed by atoms with Crippen LogP contribution in [0.1, 0.15) is 52.1 Å². The molecule has 112 valence electrons. The van der Waals surface area contributed by atoms with Crippen LogP contribution in [-0.2, 0) is 4.79 Å². The maximum absolute atomic E-state index is 12.3. The summed E-state index contributed by atoms with van der Waals surface area (Å²) in [5.41, 5.74) is 1.19. The van der Waals surface area contributed by atoms with Gasteiger partial charge in [0, 0.05) is 0 Å². The highest BCUT2D eigenvalue weighted by Gasteiger charge is 2.26. The lowest BCUT2D eigenvalue weighted by Crippen LogP contribution is -2.39. The van der Waals surface area contributed by atoms with Crippen LogP contribution in [0.25, 0.3) is 0 Å². The number of amides is 1. The second kappa shape index (κ2) is 8.46. The Kier molecular flexibility index (Phi) is 7.28. The van der Waals surface area contributed by atoms with Crippen LogP contribution in [-0.4, -0.2) is 10.7 Å². The maximum atomic E-state index is 12.3. The quantitative estimate of drug-likeness (QED) is 0.716. The summed E-state index contributed by atoms with van der Waals surface area (Å²) in [6.45, 7) is 8.47. The second-order valence-corrected chi connectivity index (χ2v) is 6.61. The van der Waals surface area contributed by atoms with Crippen LogP contribution < -0.4 is 5.32 Å². The van der Waals surface area contributed by atoms with Crippen LogP contribution in [0.3, 0.4) is 0 Å². The van der Waals surface area contributed by atoms with Gasteiger partial charge in [-0.15, -0.1) is 0 Å². The fourth-order valence-electron chi connectivity index (χ4n) is 2.43. The number of hydrogen-bond donors (Lipinski definition) is 1. The molecule has 0 aliphatic carbocycles. The first-order valence-corrected chi connectivity index (χ1v) is 8.42. The number of hydrogen-bond acceptors (Lipinski definition) is 1. The van der Waals surface area contributed by atoms with Gasteiger partial charge in [0.1, 0.15) is 0 Å². The molecule has 1 aromatic carbocycles. The fourth-order valence-corrected chi connectivity index (χ4v) is 2.56. The van der Waals surface area contributed by atoms with Gasteiger partial charge in [-0.1, -0.05) is 86.8 Å². The number of rotatable bonds is 7. The number of carbonyl (C=O) groups is 1. The molecule has 1 rings (SSSR count). The van der Waals surface area contributed by atoms with Crippen molar-refractivity contribution >= 4 is 21.8 Å². The molecule has 2 unspecified atom stereocenters. The van der Waals surface area contributed by atoms with Crippen molar-refractivity contribution in [2.75, 3.05) is 0 Å². The molecule has 1 aromatic rings. The number of carbonyl (C=O) groups excluding carboxylic acids is 1. The SMILES string of the molecule is CCC(CC)C(NC(=O)C(Br)C(C)C)c1ccccc1. The molecular weight excluding hydrogens is 314 g/mol. The minimum atomic E-state index is -0.136. The van der Waals surface area contributed by atoms with Crippen molar-refractivity contribution in [2.24, 2.45) is 11.8 Å². The molecule has 1 amide bonds. The zero-order valence-corrected chi connectivity index (χ0v) is 14.5. The van der Waals surface area contributed by atoms with E-state index in [-0.39, 0.29) is 22.7 Å². The number of benzene rings is 1. The highest BCUT2D eigenvalue weighted by atomic mass is 79.9. The minimum absolute atomic E-state index is 0.0840. The van der Waals surface area contributed by atoms with Crippen molar-refractivity contribution in [2.45, 2.75) is 51.4 Å². The van der Waals surface area contributed by atoms with E-state index in [1.54, 1.807) is 0 Å². The minimum Gasteiger partial charge on any atom is -0.348 e. The summed E-state index contributed by atoms with van der Waals surface area (Å²) in [6.07, 6.45) is 2.12. The lowest BCUT2D eigenvalue weighted by molar-refractivity contribution is -0.122. The highest BCUT2D eigenvalue weighted by molar-refractivity contribution is 9.10. The van der Waals surface area contributed by atoms with Gasteiger partial charge >= 0.3 is 0 Å². The van der Waals surface area contributed by atoms with Crippen molar-refractivity contribution in [3.05, 3.63) is 35.9 Å². The maximum Gasteiger partial charge on any atom is 0.234 e. The van der Waals surface area contributed by atoms with Crippen LogP contribution in [0.15, 0.2) is 30.3 Å². The molecule has 0 aliphatic rings. The van der Waals surface area contributed by atoms with Gasteiger partial charge in [-0.2, -0.15) is 0 Å². The van der Waals surface area contributed by atoms with Gasteiger partial charge in [0.15, 0.2) is 0 Å². The topological polar surface area (TPSA) is 29.1 Å². The van der Waals surface area contributed by atoms with Crippen LogP contribution in [0.4, 0.5) is 0 Å². The summed E-state index contributed by atoms with van der Waals surface area (Å²) < 4.78 is 0. The third kappa shape index (κ3) is 4.62. The molecule has 0 heterocycles. The first-order valence-electron chi connectivity index (χ1n) is 7.50. The Morgan fingerprint density at radius 3 is 2.15 bits per heavy atom. The van der Waals surface area contributed by atoms with Crippen molar-refractivity contribution in [3.8, 4) is 0 Å². The molecule has 3 heteroatoms. The average Bonchev–Trinajstić information content (AvgIpc) is 2.47. The van der Waals surface area contributed by atoms with Gasteiger partial charge in [-0.05, 0) is 17.4 Å². The largest absolute Gasteiger partial charge is 0.348 e. The summed E-state index contributed by atoms with van der Waals surface area (Å²) in [6, 6.07) is 10.4.